The normalized spacial score (nSPS) is 18.0. The van der Waals surface area contributed by atoms with Gasteiger partial charge in [0.2, 0.25) is 5.95 Å². The van der Waals surface area contributed by atoms with E-state index in [1.165, 1.54) is 6.07 Å². The van der Waals surface area contributed by atoms with Crippen molar-refractivity contribution in [1.29, 1.82) is 0 Å². The molecule has 0 amide bonds. The van der Waals surface area contributed by atoms with E-state index in [1.807, 2.05) is 60.1 Å². The number of carbonyl (C=O) groups is 1. The first-order valence-corrected chi connectivity index (χ1v) is 12.7. The lowest BCUT2D eigenvalue weighted by Crippen LogP contribution is -2.44. The summed E-state index contributed by atoms with van der Waals surface area (Å²) in [4.78, 5) is 39.3. The minimum Gasteiger partial charge on any atom is -0.450 e. The lowest BCUT2D eigenvalue weighted by atomic mass is 9.82. The third-order valence-corrected chi connectivity index (χ3v) is 7.90. The minimum atomic E-state index is -1.01. The number of nitrogens with one attached hydrogen (secondary N) is 1. The molecule has 3 aromatic rings. The van der Waals surface area contributed by atoms with Crippen molar-refractivity contribution >= 4 is 23.4 Å². The summed E-state index contributed by atoms with van der Waals surface area (Å²) in [6.07, 6.45) is 2.48. The number of aromatic nitrogens is 2. The number of H-pyrrole nitrogens is 1. The van der Waals surface area contributed by atoms with E-state index in [4.69, 9.17) is 9.72 Å². The van der Waals surface area contributed by atoms with Gasteiger partial charge in [-0.1, -0.05) is 12.1 Å². The van der Waals surface area contributed by atoms with E-state index >= 15 is 4.39 Å². The Morgan fingerprint density at radius 1 is 1.05 bits per heavy atom. The van der Waals surface area contributed by atoms with Gasteiger partial charge in [-0.3, -0.25) is 9.78 Å². The lowest BCUT2D eigenvalue weighted by molar-refractivity contribution is -0.0225. The second kappa shape index (κ2) is 8.61. The van der Waals surface area contributed by atoms with Gasteiger partial charge in [-0.25, -0.2) is 9.18 Å². The molecule has 9 heteroatoms. The van der Waals surface area contributed by atoms with Crippen LogP contribution in [0.25, 0.3) is 11.1 Å². The average Bonchev–Trinajstić information content (AvgIpc) is 3.16. The van der Waals surface area contributed by atoms with E-state index in [9.17, 15) is 9.59 Å². The number of carbonyl (C=O) groups excluding carboxylic acids is 1. The highest BCUT2D eigenvalue weighted by Crippen LogP contribution is 2.47. The van der Waals surface area contributed by atoms with Gasteiger partial charge in [0.15, 0.2) is 0 Å². The number of benzene rings is 2. The van der Waals surface area contributed by atoms with Crippen molar-refractivity contribution in [2.45, 2.75) is 31.3 Å². The molecular formula is C28H30FN5O3. The van der Waals surface area contributed by atoms with Crippen LogP contribution in [0.3, 0.4) is 0 Å². The van der Waals surface area contributed by atoms with Gasteiger partial charge in [0.05, 0.1) is 11.1 Å². The van der Waals surface area contributed by atoms with E-state index in [0.717, 1.165) is 42.0 Å². The number of anilines is 3. The standard InChI is InChI=1S/C28H30FN5O3/c1-32(2)19-8-6-17(7-9-19)18-15-21-23(22(29)16-18)28(37-26(21)36)10-13-34(14-11-28)27-30-24-20(25(35)31-27)5-4-12-33(24)3/h6-9,15-16H,4-5,10-14H2,1-3H3,(H,30,31,35). The van der Waals surface area contributed by atoms with Gasteiger partial charge in [-0.2, -0.15) is 4.98 Å². The number of rotatable bonds is 3. The molecule has 1 saturated heterocycles. The maximum absolute atomic E-state index is 15.6. The summed E-state index contributed by atoms with van der Waals surface area (Å²) < 4.78 is 21.5. The van der Waals surface area contributed by atoms with Gasteiger partial charge in [-0.05, 0) is 48.2 Å². The monoisotopic (exact) mass is 503 g/mol. The summed E-state index contributed by atoms with van der Waals surface area (Å²) in [6, 6.07) is 11.0. The zero-order valence-electron chi connectivity index (χ0n) is 21.3. The van der Waals surface area contributed by atoms with Crippen LogP contribution in [0.4, 0.5) is 21.8 Å². The van der Waals surface area contributed by atoms with Crippen LogP contribution in [-0.4, -0.2) is 56.7 Å². The molecule has 37 heavy (non-hydrogen) atoms. The molecule has 3 aliphatic rings. The van der Waals surface area contributed by atoms with E-state index < -0.39 is 17.4 Å². The van der Waals surface area contributed by atoms with E-state index in [-0.39, 0.29) is 5.56 Å². The molecule has 0 radical (unpaired) electrons. The Kier molecular flexibility index (Phi) is 5.47. The first-order valence-electron chi connectivity index (χ1n) is 12.7. The van der Waals surface area contributed by atoms with Crippen molar-refractivity contribution in [3.8, 4) is 11.1 Å². The molecule has 1 aromatic heterocycles. The number of piperidine rings is 1. The molecule has 0 atom stereocenters. The topological polar surface area (TPSA) is 81.8 Å². The molecule has 0 unspecified atom stereocenters. The lowest BCUT2D eigenvalue weighted by Gasteiger charge is -2.39. The van der Waals surface area contributed by atoms with E-state index in [2.05, 4.69) is 4.98 Å². The van der Waals surface area contributed by atoms with Gasteiger partial charge < -0.3 is 19.4 Å². The second-order valence-electron chi connectivity index (χ2n) is 10.4. The van der Waals surface area contributed by atoms with Crippen LogP contribution in [0, 0.1) is 5.82 Å². The van der Waals surface area contributed by atoms with Crippen LogP contribution in [-0.2, 0) is 16.8 Å². The zero-order valence-corrected chi connectivity index (χ0v) is 21.3. The summed E-state index contributed by atoms with van der Waals surface area (Å²) in [6.45, 7) is 1.82. The number of ether oxygens (including phenoxy) is 1. The number of halogens is 1. The van der Waals surface area contributed by atoms with Crippen LogP contribution in [0.2, 0.25) is 0 Å². The Balaban J connectivity index is 1.27. The Morgan fingerprint density at radius 3 is 2.49 bits per heavy atom. The second-order valence-corrected chi connectivity index (χ2v) is 10.4. The third kappa shape index (κ3) is 3.84. The fraction of sp³-hybridized carbons (Fsp3) is 0.393. The molecule has 4 heterocycles. The largest absolute Gasteiger partial charge is 0.450 e. The highest BCUT2D eigenvalue weighted by molar-refractivity contribution is 5.96. The Bertz CT molecular complexity index is 1440. The molecule has 192 valence electrons. The van der Waals surface area contributed by atoms with E-state index in [0.29, 0.717) is 48.6 Å². The minimum absolute atomic E-state index is 0.110. The average molecular weight is 504 g/mol. The fourth-order valence-corrected chi connectivity index (χ4v) is 5.83. The van der Waals surface area contributed by atoms with Gasteiger partial charge in [0.25, 0.3) is 5.56 Å². The van der Waals surface area contributed by atoms with Crippen molar-refractivity contribution in [2.75, 3.05) is 55.5 Å². The molecule has 2 aromatic carbocycles. The van der Waals surface area contributed by atoms with Gasteiger partial charge in [-0.15, -0.1) is 0 Å². The Morgan fingerprint density at radius 2 is 1.78 bits per heavy atom. The van der Waals surface area contributed by atoms with Crippen molar-refractivity contribution in [3.63, 3.8) is 0 Å². The van der Waals surface area contributed by atoms with Crippen LogP contribution in [0.5, 0.6) is 0 Å². The molecule has 0 saturated carbocycles. The Hall–Kier alpha value is -3.88. The summed E-state index contributed by atoms with van der Waals surface area (Å²) in [5, 5.41) is 0. The molecule has 0 aliphatic carbocycles. The zero-order chi connectivity index (χ0) is 25.9. The third-order valence-electron chi connectivity index (χ3n) is 7.90. The fourth-order valence-electron chi connectivity index (χ4n) is 5.83. The maximum Gasteiger partial charge on any atom is 0.339 e. The first kappa shape index (κ1) is 23.5. The molecule has 6 rings (SSSR count). The van der Waals surface area contributed by atoms with Crippen molar-refractivity contribution in [1.82, 2.24) is 9.97 Å². The molecule has 1 N–H and O–H groups in total. The molecule has 1 fully saturated rings. The van der Waals surface area contributed by atoms with Crippen LogP contribution < -0.4 is 20.3 Å². The first-order chi connectivity index (χ1) is 17.8. The number of fused-ring (bicyclic) bond motifs is 3. The summed E-state index contributed by atoms with van der Waals surface area (Å²) >= 11 is 0. The van der Waals surface area contributed by atoms with E-state index in [1.54, 1.807) is 6.07 Å². The summed E-state index contributed by atoms with van der Waals surface area (Å²) in [5.41, 5.74) is 2.76. The highest BCUT2D eigenvalue weighted by atomic mass is 19.1. The number of hydrogen-bond acceptors (Lipinski definition) is 7. The predicted molar refractivity (Wildman–Crippen MR) is 141 cm³/mol. The number of esters is 1. The highest BCUT2D eigenvalue weighted by Gasteiger charge is 2.50. The molecule has 0 bridgehead atoms. The quantitative estimate of drug-likeness (QED) is 0.546. The van der Waals surface area contributed by atoms with Crippen molar-refractivity contribution in [2.24, 2.45) is 0 Å². The van der Waals surface area contributed by atoms with Gasteiger partial charge in [0.1, 0.15) is 17.2 Å². The van der Waals surface area contributed by atoms with Crippen LogP contribution >= 0.6 is 0 Å². The van der Waals surface area contributed by atoms with Crippen molar-refractivity contribution in [3.05, 3.63) is 69.3 Å². The number of nitrogens with zero attached hydrogens (tertiary/aromatic N) is 4. The van der Waals surface area contributed by atoms with Gasteiger partial charge >= 0.3 is 5.97 Å². The number of hydrogen-bond donors (Lipinski definition) is 1. The Labute approximate surface area is 214 Å². The molecule has 3 aliphatic heterocycles. The molecule has 8 nitrogen and oxygen atoms in total. The van der Waals surface area contributed by atoms with Crippen molar-refractivity contribution < 1.29 is 13.9 Å². The SMILES string of the molecule is CN(C)c1ccc(-c2cc(F)c3c(c2)C(=O)OC32CCN(c3nc4c(c(=O)[nH]3)CCCN4C)CC2)cc1. The van der Waals surface area contributed by atoms with Crippen LogP contribution in [0.15, 0.2) is 41.2 Å². The predicted octanol–water partition coefficient (Wildman–Crippen LogP) is 3.69. The number of aromatic amines is 1. The molecular weight excluding hydrogens is 473 g/mol. The van der Waals surface area contributed by atoms with Gasteiger partial charge in [0, 0.05) is 64.9 Å². The molecule has 1 spiro atoms. The maximum atomic E-state index is 15.6. The van der Waals surface area contributed by atoms with Crippen LogP contribution in [0.1, 0.15) is 40.7 Å². The summed E-state index contributed by atoms with van der Waals surface area (Å²) in [7, 11) is 5.87. The smallest absolute Gasteiger partial charge is 0.339 e. The summed E-state index contributed by atoms with van der Waals surface area (Å²) in [5.74, 6) is 0.315.